The third-order valence-corrected chi connectivity index (χ3v) is 3.22. The second kappa shape index (κ2) is 6.88. The molecule has 19 heavy (non-hydrogen) atoms. The van der Waals surface area contributed by atoms with Crippen molar-refractivity contribution in [2.24, 2.45) is 13.0 Å². The highest BCUT2D eigenvalue weighted by Gasteiger charge is 2.31. The fraction of sp³-hybridized carbons (Fsp3) is 0.583. The number of hydrogen-bond donors (Lipinski definition) is 0. The van der Waals surface area contributed by atoms with Gasteiger partial charge in [0.15, 0.2) is 0 Å². The molecule has 1 amide bonds. The smallest absolute Gasteiger partial charge is 0.415 e. The summed E-state index contributed by atoms with van der Waals surface area (Å²) in [5, 5.41) is 0. The standard InChI is InChI=1S/C12H18N3O3.HI/c1-13-6-7-15(9-13)12(17)14-5-3-4-10(8-14)11(16)18-2;/h6-7,9-10H,3-5,8H2,1-2H3;1H/q+1;/p-1. The number of esters is 1. The summed E-state index contributed by atoms with van der Waals surface area (Å²) < 4.78 is 8.07. The van der Waals surface area contributed by atoms with Crippen LogP contribution in [0.5, 0.6) is 0 Å². The zero-order valence-electron chi connectivity index (χ0n) is 11.1. The molecule has 1 atom stereocenters. The molecule has 6 nitrogen and oxygen atoms in total. The number of likely N-dealkylation sites (tertiary alicyclic amines) is 1. The van der Waals surface area contributed by atoms with Gasteiger partial charge >= 0.3 is 12.0 Å². The molecule has 0 N–H and O–H groups in total. The fourth-order valence-corrected chi connectivity index (χ4v) is 2.24. The van der Waals surface area contributed by atoms with E-state index in [1.165, 1.54) is 11.7 Å². The quantitative estimate of drug-likeness (QED) is 0.300. The van der Waals surface area contributed by atoms with Crippen molar-refractivity contribution < 1.29 is 42.9 Å². The van der Waals surface area contributed by atoms with Gasteiger partial charge in [-0.1, -0.05) is 0 Å². The second-order valence-electron chi connectivity index (χ2n) is 4.58. The largest absolute Gasteiger partial charge is 1.00 e. The van der Waals surface area contributed by atoms with Crippen LogP contribution in [0.4, 0.5) is 4.79 Å². The number of amides is 1. The summed E-state index contributed by atoms with van der Waals surface area (Å²) in [7, 11) is 3.24. The van der Waals surface area contributed by atoms with Gasteiger partial charge in [-0.05, 0) is 12.8 Å². The van der Waals surface area contributed by atoms with Gasteiger partial charge in [-0.25, -0.2) is 9.36 Å². The van der Waals surface area contributed by atoms with E-state index in [1.54, 1.807) is 28.2 Å². The Kier molecular flexibility index (Phi) is 5.77. The van der Waals surface area contributed by atoms with E-state index in [9.17, 15) is 9.59 Å². The van der Waals surface area contributed by atoms with Crippen molar-refractivity contribution in [1.82, 2.24) is 9.47 Å². The minimum Gasteiger partial charge on any atom is -1.00 e. The molecule has 1 aromatic heterocycles. The Morgan fingerprint density at radius 3 is 2.74 bits per heavy atom. The highest BCUT2D eigenvalue weighted by molar-refractivity contribution is 5.78. The van der Waals surface area contributed by atoms with Gasteiger partial charge in [-0.2, -0.15) is 4.57 Å². The third kappa shape index (κ3) is 3.68. The molecule has 106 valence electrons. The Labute approximate surface area is 129 Å². The minimum absolute atomic E-state index is 0. The summed E-state index contributed by atoms with van der Waals surface area (Å²) in [4.78, 5) is 25.4. The van der Waals surface area contributed by atoms with Crippen LogP contribution >= 0.6 is 0 Å². The lowest BCUT2D eigenvalue weighted by Crippen LogP contribution is -3.00. The lowest BCUT2D eigenvalue weighted by Gasteiger charge is -2.29. The van der Waals surface area contributed by atoms with Crippen LogP contribution in [0, 0.1) is 5.92 Å². The summed E-state index contributed by atoms with van der Waals surface area (Å²) >= 11 is 0. The van der Waals surface area contributed by atoms with Gasteiger partial charge in [0.2, 0.25) is 0 Å². The number of imidazole rings is 1. The molecule has 1 aliphatic rings. The number of rotatable bonds is 1. The first kappa shape index (κ1) is 15.9. The van der Waals surface area contributed by atoms with Crippen LogP contribution in [0.25, 0.3) is 0 Å². The van der Waals surface area contributed by atoms with E-state index in [1.807, 2.05) is 7.05 Å². The van der Waals surface area contributed by atoms with Crippen molar-refractivity contribution in [3.05, 3.63) is 18.7 Å². The Morgan fingerprint density at radius 2 is 2.16 bits per heavy atom. The van der Waals surface area contributed by atoms with Crippen molar-refractivity contribution in [2.45, 2.75) is 12.8 Å². The third-order valence-electron chi connectivity index (χ3n) is 3.22. The van der Waals surface area contributed by atoms with E-state index in [0.29, 0.717) is 13.1 Å². The van der Waals surface area contributed by atoms with E-state index in [4.69, 9.17) is 4.74 Å². The average Bonchev–Trinajstić information content (AvgIpc) is 2.83. The Bertz CT molecular complexity index is 461. The zero-order chi connectivity index (χ0) is 13.1. The second-order valence-corrected chi connectivity index (χ2v) is 4.58. The molecule has 0 aliphatic carbocycles. The molecule has 2 heterocycles. The highest BCUT2D eigenvalue weighted by atomic mass is 127. The molecule has 1 aromatic rings. The van der Waals surface area contributed by atoms with Gasteiger partial charge in [-0.15, -0.1) is 0 Å². The van der Waals surface area contributed by atoms with Crippen LogP contribution in [0.15, 0.2) is 18.7 Å². The molecule has 0 bridgehead atoms. The normalized spacial score (nSPS) is 18.6. The van der Waals surface area contributed by atoms with Crippen molar-refractivity contribution in [3.63, 3.8) is 0 Å². The summed E-state index contributed by atoms with van der Waals surface area (Å²) in [6.07, 6.45) is 6.85. The van der Waals surface area contributed by atoms with Crippen LogP contribution in [-0.4, -0.2) is 41.7 Å². The molecule has 0 saturated carbocycles. The molecular weight excluding hydrogens is 361 g/mol. The van der Waals surface area contributed by atoms with Crippen molar-refractivity contribution in [2.75, 3.05) is 20.2 Å². The minimum atomic E-state index is -0.231. The van der Waals surface area contributed by atoms with E-state index in [0.717, 1.165) is 12.8 Å². The Balaban J connectivity index is 0.00000180. The van der Waals surface area contributed by atoms with E-state index in [-0.39, 0.29) is 41.9 Å². The number of methoxy groups -OCH3 is 1. The summed E-state index contributed by atoms with van der Waals surface area (Å²) in [6, 6.07) is -0.0933. The lowest BCUT2D eigenvalue weighted by atomic mass is 9.98. The van der Waals surface area contributed by atoms with Crippen molar-refractivity contribution >= 4 is 12.0 Å². The number of carbonyl (C=O) groups excluding carboxylic acids is 2. The monoisotopic (exact) mass is 379 g/mol. The summed E-state index contributed by atoms with van der Waals surface area (Å²) in [5.41, 5.74) is 0. The van der Waals surface area contributed by atoms with Gasteiger partial charge in [0.05, 0.1) is 20.1 Å². The zero-order valence-corrected chi connectivity index (χ0v) is 13.2. The fourth-order valence-electron chi connectivity index (χ4n) is 2.24. The molecule has 1 unspecified atom stereocenters. The molecule has 0 aromatic carbocycles. The van der Waals surface area contributed by atoms with Gasteiger partial charge in [0, 0.05) is 13.1 Å². The summed E-state index contributed by atoms with van der Waals surface area (Å²) in [5.74, 6) is -0.428. The van der Waals surface area contributed by atoms with Crippen LogP contribution in [0.1, 0.15) is 12.8 Å². The lowest BCUT2D eigenvalue weighted by molar-refractivity contribution is -0.670. The molecule has 1 aliphatic heterocycles. The molecule has 7 heteroatoms. The molecule has 0 radical (unpaired) electrons. The number of carbonyl (C=O) groups is 2. The van der Waals surface area contributed by atoms with Crippen molar-refractivity contribution in [1.29, 1.82) is 0 Å². The maximum atomic E-state index is 12.2. The van der Waals surface area contributed by atoms with Gasteiger partial charge in [-0.3, -0.25) is 4.79 Å². The van der Waals surface area contributed by atoms with Crippen LogP contribution in [-0.2, 0) is 16.6 Å². The number of halogens is 1. The summed E-state index contributed by atoms with van der Waals surface area (Å²) in [6.45, 7) is 1.13. The van der Waals surface area contributed by atoms with Gasteiger partial charge in [0.25, 0.3) is 6.33 Å². The van der Waals surface area contributed by atoms with E-state index < -0.39 is 0 Å². The van der Waals surface area contributed by atoms with Crippen LogP contribution in [0.2, 0.25) is 0 Å². The van der Waals surface area contributed by atoms with E-state index >= 15 is 0 Å². The predicted molar refractivity (Wildman–Crippen MR) is 62.7 cm³/mol. The highest BCUT2D eigenvalue weighted by Crippen LogP contribution is 2.18. The van der Waals surface area contributed by atoms with E-state index in [2.05, 4.69) is 0 Å². The maximum absolute atomic E-state index is 12.2. The number of ether oxygens (including phenoxy) is 1. The number of aromatic nitrogens is 2. The first-order chi connectivity index (χ1) is 8.61. The van der Waals surface area contributed by atoms with Gasteiger partial charge < -0.3 is 33.6 Å². The Hall–Kier alpha value is -1.12. The maximum Gasteiger partial charge on any atom is 0.415 e. The SMILES string of the molecule is COC(=O)C1CCCN(C(=O)n2cc[n+](C)c2)C1.[I-]. The molecule has 1 fully saturated rings. The first-order valence-electron chi connectivity index (χ1n) is 6.02. The predicted octanol–water partition coefficient (Wildman–Crippen LogP) is -2.83. The molecule has 0 spiro atoms. The number of hydrogen-bond acceptors (Lipinski definition) is 3. The number of nitrogens with zero attached hydrogens (tertiary/aromatic N) is 3. The molecule has 2 rings (SSSR count). The van der Waals surface area contributed by atoms with Crippen LogP contribution < -0.4 is 28.5 Å². The molecular formula is C12H18IN3O3. The topological polar surface area (TPSA) is 55.4 Å². The number of piperidine rings is 1. The molecule has 1 saturated heterocycles. The number of aryl methyl sites for hydroxylation is 1. The van der Waals surface area contributed by atoms with Crippen molar-refractivity contribution in [3.8, 4) is 0 Å². The first-order valence-corrected chi connectivity index (χ1v) is 6.02. The average molecular weight is 379 g/mol. The van der Waals surface area contributed by atoms with Crippen LogP contribution in [0.3, 0.4) is 0 Å². The van der Waals surface area contributed by atoms with Gasteiger partial charge in [0.1, 0.15) is 12.4 Å². The Morgan fingerprint density at radius 1 is 1.42 bits per heavy atom.